The molecule has 0 radical (unpaired) electrons. The molecule has 0 bridgehead atoms. The molecule has 2 heterocycles. The van der Waals surface area contributed by atoms with Gasteiger partial charge in [0.1, 0.15) is 5.82 Å². The second-order valence-corrected chi connectivity index (χ2v) is 4.92. The molecule has 2 aromatic heterocycles. The van der Waals surface area contributed by atoms with Crippen molar-refractivity contribution < 1.29 is 4.39 Å². The smallest absolute Gasteiger partial charge is 0.133 e. The van der Waals surface area contributed by atoms with Crippen LogP contribution in [0.1, 0.15) is 19.9 Å². The number of rotatable bonds is 2. The summed E-state index contributed by atoms with van der Waals surface area (Å²) < 4.78 is 15.9. The van der Waals surface area contributed by atoms with Gasteiger partial charge in [-0.1, -0.05) is 0 Å². The fraction of sp³-hybridized carbons (Fsp3) is 0.214. The molecule has 0 aliphatic carbocycles. The average molecular weight is 258 g/mol. The van der Waals surface area contributed by atoms with Crippen LogP contribution < -0.4 is 5.73 Å². The molecule has 0 amide bonds. The molecule has 0 saturated carbocycles. The topological polar surface area (TPSA) is 59.6 Å². The lowest BCUT2D eigenvalue weighted by Crippen LogP contribution is -1.99. The Labute approximate surface area is 110 Å². The van der Waals surface area contributed by atoms with E-state index >= 15 is 0 Å². The Kier molecular flexibility index (Phi) is 2.55. The molecule has 0 spiro atoms. The molecule has 0 fully saturated rings. The summed E-state index contributed by atoms with van der Waals surface area (Å²) in [6, 6.07) is 3.48. The van der Waals surface area contributed by atoms with E-state index in [4.69, 9.17) is 5.73 Å². The van der Waals surface area contributed by atoms with E-state index in [0.29, 0.717) is 16.8 Å². The molecule has 0 saturated heterocycles. The number of fused-ring (bicyclic) bond motifs is 1. The van der Waals surface area contributed by atoms with Crippen molar-refractivity contribution in [2.75, 3.05) is 5.73 Å². The van der Waals surface area contributed by atoms with Gasteiger partial charge in [-0.05, 0) is 26.0 Å². The summed E-state index contributed by atoms with van der Waals surface area (Å²) in [4.78, 5) is 2.94. The number of aromatic amines is 1. The van der Waals surface area contributed by atoms with Crippen LogP contribution in [0.15, 0.2) is 30.7 Å². The van der Waals surface area contributed by atoms with Crippen LogP contribution in [0, 0.1) is 5.82 Å². The van der Waals surface area contributed by atoms with Crippen molar-refractivity contribution >= 4 is 16.6 Å². The molecular weight excluding hydrogens is 243 g/mol. The van der Waals surface area contributed by atoms with E-state index in [1.54, 1.807) is 23.1 Å². The fourth-order valence-electron chi connectivity index (χ4n) is 2.15. The summed E-state index contributed by atoms with van der Waals surface area (Å²) in [5.74, 6) is -0.280. The molecule has 0 unspecified atom stereocenters. The molecule has 4 nitrogen and oxygen atoms in total. The second-order valence-electron chi connectivity index (χ2n) is 4.92. The molecule has 1 aromatic carbocycles. The predicted molar refractivity (Wildman–Crippen MR) is 74.3 cm³/mol. The number of nitrogens with zero attached hydrogens (tertiary/aromatic N) is 2. The van der Waals surface area contributed by atoms with E-state index < -0.39 is 0 Å². The minimum Gasteiger partial charge on any atom is -0.397 e. The standard InChI is InChI=1S/C14H15FN4/c1-8(2)19-7-9(5-18-19)10-3-11-13(16)6-17-14(11)4-12(10)15/h3-8,17H,16H2,1-2H3. The molecule has 0 aliphatic rings. The predicted octanol–water partition coefficient (Wildman–Crippen LogP) is 3.33. The minimum atomic E-state index is -0.280. The Morgan fingerprint density at radius 1 is 1.37 bits per heavy atom. The number of hydrogen-bond acceptors (Lipinski definition) is 2. The van der Waals surface area contributed by atoms with Gasteiger partial charge in [0, 0.05) is 34.9 Å². The van der Waals surface area contributed by atoms with E-state index in [2.05, 4.69) is 10.1 Å². The zero-order valence-corrected chi connectivity index (χ0v) is 10.8. The number of halogens is 1. The lowest BCUT2D eigenvalue weighted by molar-refractivity contribution is 0.532. The highest BCUT2D eigenvalue weighted by Crippen LogP contribution is 2.30. The Bertz CT molecular complexity index is 739. The zero-order valence-electron chi connectivity index (χ0n) is 10.8. The summed E-state index contributed by atoms with van der Waals surface area (Å²) >= 11 is 0. The van der Waals surface area contributed by atoms with E-state index in [1.807, 2.05) is 20.0 Å². The van der Waals surface area contributed by atoms with Crippen LogP contribution >= 0.6 is 0 Å². The maximum atomic E-state index is 14.1. The maximum absolute atomic E-state index is 14.1. The minimum absolute atomic E-state index is 0.248. The first-order valence-electron chi connectivity index (χ1n) is 6.17. The summed E-state index contributed by atoms with van der Waals surface area (Å²) in [5, 5.41) is 5.06. The second kappa shape index (κ2) is 4.12. The lowest BCUT2D eigenvalue weighted by atomic mass is 10.1. The van der Waals surface area contributed by atoms with Crippen molar-refractivity contribution in [1.82, 2.24) is 14.8 Å². The van der Waals surface area contributed by atoms with Crippen molar-refractivity contribution in [3.8, 4) is 11.1 Å². The Balaban J connectivity index is 2.17. The van der Waals surface area contributed by atoms with Crippen molar-refractivity contribution in [3.63, 3.8) is 0 Å². The average Bonchev–Trinajstić information content (AvgIpc) is 2.96. The van der Waals surface area contributed by atoms with Gasteiger partial charge in [-0.3, -0.25) is 4.68 Å². The molecule has 0 aliphatic heterocycles. The molecular formula is C14H15FN4. The largest absolute Gasteiger partial charge is 0.397 e. The normalized spacial score (nSPS) is 11.6. The summed E-state index contributed by atoms with van der Waals surface area (Å²) in [6.45, 7) is 4.06. The summed E-state index contributed by atoms with van der Waals surface area (Å²) in [5.41, 5.74) is 8.45. The first kappa shape index (κ1) is 11.8. The number of aromatic nitrogens is 3. The highest BCUT2D eigenvalue weighted by atomic mass is 19.1. The fourth-order valence-corrected chi connectivity index (χ4v) is 2.15. The van der Waals surface area contributed by atoms with Crippen molar-refractivity contribution in [2.24, 2.45) is 0 Å². The number of hydrogen-bond donors (Lipinski definition) is 2. The Morgan fingerprint density at radius 3 is 2.84 bits per heavy atom. The summed E-state index contributed by atoms with van der Waals surface area (Å²) in [7, 11) is 0. The van der Waals surface area contributed by atoms with Crippen LogP contribution in [0.2, 0.25) is 0 Å². The van der Waals surface area contributed by atoms with Gasteiger partial charge in [0.2, 0.25) is 0 Å². The lowest BCUT2D eigenvalue weighted by Gasteiger charge is -2.04. The number of nitrogens with two attached hydrogens (primary N) is 1. The van der Waals surface area contributed by atoms with Gasteiger partial charge < -0.3 is 10.7 Å². The van der Waals surface area contributed by atoms with Crippen LogP contribution in [0.4, 0.5) is 10.1 Å². The molecule has 3 N–H and O–H groups in total. The first-order valence-corrected chi connectivity index (χ1v) is 6.17. The number of nitrogen functional groups attached to an aromatic ring is 1. The Morgan fingerprint density at radius 2 is 2.16 bits per heavy atom. The third-order valence-corrected chi connectivity index (χ3v) is 3.24. The number of anilines is 1. The van der Waals surface area contributed by atoms with Gasteiger partial charge in [-0.25, -0.2) is 4.39 Å². The first-order chi connectivity index (χ1) is 9.06. The molecule has 3 rings (SSSR count). The van der Waals surface area contributed by atoms with E-state index in [-0.39, 0.29) is 11.9 Å². The van der Waals surface area contributed by atoms with Crippen LogP contribution in [-0.4, -0.2) is 14.8 Å². The quantitative estimate of drug-likeness (QED) is 0.740. The summed E-state index contributed by atoms with van der Waals surface area (Å²) in [6.07, 6.45) is 5.19. The van der Waals surface area contributed by atoms with Crippen molar-refractivity contribution in [2.45, 2.75) is 19.9 Å². The van der Waals surface area contributed by atoms with Crippen LogP contribution in [0.5, 0.6) is 0 Å². The van der Waals surface area contributed by atoms with E-state index in [1.165, 1.54) is 6.07 Å². The molecule has 5 heteroatoms. The van der Waals surface area contributed by atoms with Gasteiger partial charge >= 0.3 is 0 Å². The SMILES string of the molecule is CC(C)n1cc(-c2cc3c(N)c[nH]c3cc2F)cn1. The maximum Gasteiger partial charge on any atom is 0.133 e. The molecule has 0 atom stereocenters. The highest BCUT2D eigenvalue weighted by Gasteiger charge is 2.12. The van der Waals surface area contributed by atoms with Crippen LogP contribution in [0.3, 0.4) is 0 Å². The van der Waals surface area contributed by atoms with E-state index in [0.717, 1.165) is 10.9 Å². The van der Waals surface area contributed by atoms with Gasteiger partial charge in [0.05, 0.1) is 17.4 Å². The van der Waals surface area contributed by atoms with Crippen LogP contribution in [0.25, 0.3) is 22.0 Å². The number of nitrogens with one attached hydrogen (secondary N) is 1. The van der Waals surface area contributed by atoms with E-state index in [9.17, 15) is 4.39 Å². The molecule has 3 aromatic rings. The highest BCUT2D eigenvalue weighted by molar-refractivity contribution is 5.94. The van der Waals surface area contributed by atoms with Crippen molar-refractivity contribution in [3.05, 3.63) is 36.5 Å². The number of benzene rings is 1. The van der Waals surface area contributed by atoms with Gasteiger partial charge in [0.15, 0.2) is 0 Å². The monoisotopic (exact) mass is 258 g/mol. The molecule has 98 valence electrons. The van der Waals surface area contributed by atoms with Gasteiger partial charge in [-0.2, -0.15) is 5.10 Å². The van der Waals surface area contributed by atoms with Gasteiger partial charge in [-0.15, -0.1) is 0 Å². The third-order valence-electron chi connectivity index (χ3n) is 3.24. The van der Waals surface area contributed by atoms with Crippen LogP contribution in [-0.2, 0) is 0 Å². The third kappa shape index (κ3) is 1.87. The van der Waals surface area contributed by atoms with Crippen molar-refractivity contribution in [1.29, 1.82) is 0 Å². The zero-order chi connectivity index (χ0) is 13.6. The van der Waals surface area contributed by atoms with Gasteiger partial charge in [0.25, 0.3) is 0 Å². The number of H-pyrrole nitrogens is 1. The Hall–Kier alpha value is -2.30. The molecule has 19 heavy (non-hydrogen) atoms.